The molecule has 2 aliphatic heterocycles. The van der Waals surface area contributed by atoms with Crippen molar-refractivity contribution in [2.75, 3.05) is 26.0 Å². The first kappa shape index (κ1) is 11.2. The lowest BCUT2D eigenvalue weighted by molar-refractivity contribution is -0.989. The zero-order valence-corrected chi connectivity index (χ0v) is 10.7. The Balaban J connectivity index is 1.96. The molecule has 2 aliphatic rings. The van der Waals surface area contributed by atoms with Gasteiger partial charge in [-0.25, -0.2) is 9.58 Å². The topological polar surface area (TPSA) is 62.5 Å². The Morgan fingerprint density at radius 1 is 1.50 bits per heavy atom. The van der Waals surface area contributed by atoms with Crippen molar-refractivity contribution in [1.82, 2.24) is 14.6 Å². The smallest absolute Gasteiger partial charge is 0.262 e. The molecule has 2 atom stereocenters. The summed E-state index contributed by atoms with van der Waals surface area (Å²) < 4.78 is 2.17. The third-order valence-electron chi connectivity index (χ3n) is 3.74. The Kier molecular flexibility index (Phi) is 2.21. The number of nitrogens with one attached hydrogen (secondary N) is 1. The van der Waals surface area contributed by atoms with E-state index in [2.05, 4.69) is 41.3 Å². The fraction of sp³-hybridized carbons (Fsp3) is 0.545. The molecule has 7 nitrogen and oxygen atoms in total. The van der Waals surface area contributed by atoms with Gasteiger partial charge in [0.25, 0.3) is 5.91 Å². The van der Waals surface area contributed by atoms with Gasteiger partial charge in [-0.3, -0.25) is 14.4 Å². The lowest BCUT2D eigenvalue weighted by Crippen LogP contribution is -2.62. The number of nitrogens with zero attached hydrogens (tertiary/aromatic N) is 5. The molecule has 0 saturated carbocycles. The van der Waals surface area contributed by atoms with Crippen LogP contribution in [0.5, 0.6) is 0 Å². The fourth-order valence-electron chi connectivity index (χ4n) is 2.28. The third kappa shape index (κ3) is 1.37. The highest BCUT2D eigenvalue weighted by Gasteiger charge is 2.47. The zero-order valence-electron chi connectivity index (χ0n) is 10.7. The number of carbonyl (C=O) groups excluding carboxylic acids is 1. The van der Waals surface area contributed by atoms with Gasteiger partial charge in [-0.2, -0.15) is 5.01 Å². The summed E-state index contributed by atoms with van der Waals surface area (Å²) in [6, 6.07) is -0.393. The second-order valence-electron chi connectivity index (χ2n) is 5.07. The molecule has 0 bridgehead atoms. The van der Waals surface area contributed by atoms with E-state index in [1.807, 2.05) is 0 Å². The average Bonchev–Trinajstić information content (AvgIpc) is 2.95. The van der Waals surface area contributed by atoms with Gasteiger partial charge in [0.15, 0.2) is 12.2 Å². The number of aromatic nitrogens is 2. The van der Waals surface area contributed by atoms with Crippen LogP contribution in [0.2, 0.25) is 0 Å². The third-order valence-corrected chi connectivity index (χ3v) is 3.74. The van der Waals surface area contributed by atoms with Crippen molar-refractivity contribution in [2.24, 2.45) is 4.99 Å². The van der Waals surface area contributed by atoms with Crippen LogP contribution in [0.4, 0.5) is 5.95 Å². The lowest BCUT2D eigenvalue weighted by Gasteiger charge is -2.41. The van der Waals surface area contributed by atoms with E-state index in [4.69, 9.17) is 0 Å². The second-order valence-corrected chi connectivity index (χ2v) is 5.07. The largest absolute Gasteiger partial charge is 0.328 e. The minimum atomic E-state index is -0.393. The number of fused-ring (bicyclic) bond motifs is 2. The molecular formula is C11H17N6O+. The zero-order chi connectivity index (χ0) is 12.9. The molecule has 0 saturated heterocycles. The summed E-state index contributed by atoms with van der Waals surface area (Å²) in [5, 5.41) is 5.33. The molecule has 18 heavy (non-hydrogen) atoms. The van der Waals surface area contributed by atoms with Crippen molar-refractivity contribution in [3.05, 3.63) is 12.4 Å². The van der Waals surface area contributed by atoms with E-state index in [-0.39, 0.29) is 12.1 Å². The number of imidazole rings is 1. The van der Waals surface area contributed by atoms with Gasteiger partial charge in [0.1, 0.15) is 6.34 Å². The van der Waals surface area contributed by atoms with E-state index in [1.165, 1.54) is 4.57 Å². The highest BCUT2D eigenvalue weighted by atomic mass is 16.2. The molecule has 3 heterocycles. The van der Waals surface area contributed by atoms with Crippen LogP contribution in [-0.4, -0.2) is 64.2 Å². The van der Waals surface area contributed by atoms with Crippen molar-refractivity contribution >= 4 is 18.2 Å². The van der Waals surface area contributed by atoms with Crippen molar-refractivity contribution in [1.29, 1.82) is 0 Å². The summed E-state index contributed by atoms with van der Waals surface area (Å²) in [4.78, 5) is 20.7. The van der Waals surface area contributed by atoms with E-state index >= 15 is 0 Å². The van der Waals surface area contributed by atoms with Crippen LogP contribution in [0.1, 0.15) is 11.7 Å². The molecule has 0 fully saturated rings. The average molecular weight is 249 g/mol. The summed E-state index contributed by atoms with van der Waals surface area (Å²) in [7, 11) is 4.17. The standard InChI is InChI=1S/C11H17N6O/c1-4-17(2,3)16-7-13-8-9(16)14-11-12-5-6-15(11)10(8)18/h5-9H,4H2,1-3H3,(H,12,14)/q+1. The van der Waals surface area contributed by atoms with Crippen LogP contribution in [-0.2, 0) is 0 Å². The molecule has 1 aromatic rings. The van der Waals surface area contributed by atoms with Gasteiger partial charge in [-0.15, -0.1) is 0 Å². The quantitative estimate of drug-likeness (QED) is 0.749. The molecule has 0 spiro atoms. The Morgan fingerprint density at radius 3 is 3.00 bits per heavy atom. The predicted molar refractivity (Wildman–Crippen MR) is 67.0 cm³/mol. The molecule has 7 heteroatoms. The van der Waals surface area contributed by atoms with Gasteiger partial charge in [0, 0.05) is 12.4 Å². The molecule has 1 N–H and O–H groups in total. The molecule has 2 unspecified atom stereocenters. The summed E-state index contributed by atoms with van der Waals surface area (Å²) in [6.45, 7) is 3.02. The number of hydrogen-bond donors (Lipinski definition) is 1. The summed E-state index contributed by atoms with van der Waals surface area (Å²) >= 11 is 0. The van der Waals surface area contributed by atoms with Crippen LogP contribution in [0, 0.1) is 0 Å². The molecule has 96 valence electrons. The first-order valence-electron chi connectivity index (χ1n) is 6.04. The minimum absolute atomic E-state index is 0.0268. The predicted octanol–water partition coefficient (Wildman–Crippen LogP) is -0.00130. The first-order valence-corrected chi connectivity index (χ1v) is 6.04. The Morgan fingerprint density at radius 2 is 2.28 bits per heavy atom. The first-order chi connectivity index (χ1) is 8.54. The maximum Gasteiger partial charge on any atom is 0.262 e. The maximum absolute atomic E-state index is 12.3. The van der Waals surface area contributed by atoms with E-state index in [0.29, 0.717) is 10.5 Å². The van der Waals surface area contributed by atoms with Crippen LogP contribution in [0.25, 0.3) is 0 Å². The molecule has 1 aromatic heterocycles. The minimum Gasteiger partial charge on any atom is -0.328 e. The van der Waals surface area contributed by atoms with Gasteiger partial charge >= 0.3 is 0 Å². The normalized spacial score (nSPS) is 25.9. The van der Waals surface area contributed by atoms with Crippen molar-refractivity contribution in [3.8, 4) is 0 Å². The SMILES string of the molecule is CC[N+](C)(C)N1C=NC2C(=O)n3ccnc3NC21. The van der Waals surface area contributed by atoms with Gasteiger partial charge < -0.3 is 5.32 Å². The molecule has 0 radical (unpaired) electrons. The number of quaternary nitrogens is 1. The Labute approximate surface area is 105 Å². The van der Waals surface area contributed by atoms with E-state index in [9.17, 15) is 4.79 Å². The van der Waals surface area contributed by atoms with Crippen LogP contribution in [0.3, 0.4) is 0 Å². The number of rotatable bonds is 2. The molecular weight excluding hydrogens is 232 g/mol. The van der Waals surface area contributed by atoms with Crippen molar-refractivity contribution < 1.29 is 9.39 Å². The highest BCUT2D eigenvalue weighted by Crippen LogP contribution is 2.26. The number of aliphatic imine (C=N–C) groups is 1. The number of hydrogen-bond acceptors (Lipinski definition) is 5. The van der Waals surface area contributed by atoms with Crippen LogP contribution >= 0.6 is 0 Å². The molecule has 3 rings (SSSR count). The van der Waals surface area contributed by atoms with Gasteiger partial charge in [-0.05, 0) is 6.92 Å². The number of anilines is 1. The summed E-state index contributed by atoms with van der Waals surface area (Å²) in [6.07, 6.45) is 4.90. The molecule has 0 aromatic carbocycles. The molecule has 0 aliphatic carbocycles. The second kappa shape index (κ2) is 3.55. The van der Waals surface area contributed by atoms with E-state index in [1.54, 1.807) is 18.7 Å². The van der Waals surface area contributed by atoms with Crippen molar-refractivity contribution in [3.63, 3.8) is 0 Å². The molecule has 0 amide bonds. The van der Waals surface area contributed by atoms with E-state index in [0.717, 1.165) is 6.54 Å². The lowest BCUT2D eigenvalue weighted by atomic mass is 10.2. The van der Waals surface area contributed by atoms with Crippen molar-refractivity contribution in [2.45, 2.75) is 19.1 Å². The Hall–Kier alpha value is -1.89. The van der Waals surface area contributed by atoms with Crippen LogP contribution < -0.4 is 5.32 Å². The highest BCUT2D eigenvalue weighted by molar-refractivity contribution is 5.92. The summed E-state index contributed by atoms with van der Waals surface area (Å²) in [5.41, 5.74) is 0. The van der Waals surface area contributed by atoms with Gasteiger partial charge in [-0.1, -0.05) is 0 Å². The Bertz CT molecular complexity index is 519. The van der Waals surface area contributed by atoms with Gasteiger partial charge in [0.05, 0.1) is 20.6 Å². The maximum atomic E-state index is 12.3. The van der Waals surface area contributed by atoms with E-state index < -0.39 is 6.04 Å². The monoisotopic (exact) mass is 249 g/mol. The fourth-order valence-corrected chi connectivity index (χ4v) is 2.28. The van der Waals surface area contributed by atoms with Gasteiger partial charge in [0.2, 0.25) is 5.95 Å². The summed E-state index contributed by atoms with van der Waals surface area (Å²) in [5.74, 6) is 0.564. The number of carbonyl (C=O) groups is 1. The van der Waals surface area contributed by atoms with Crippen LogP contribution in [0.15, 0.2) is 17.4 Å².